The molecule has 0 bridgehead atoms. The molecule has 0 radical (unpaired) electrons. The van der Waals surface area contributed by atoms with Crippen molar-refractivity contribution in [3.05, 3.63) is 20.8 Å². The Balaban J connectivity index is 2.08. The van der Waals surface area contributed by atoms with Gasteiger partial charge in [-0.25, -0.2) is 0 Å². The lowest BCUT2D eigenvalue weighted by molar-refractivity contribution is -0.0858. The van der Waals surface area contributed by atoms with E-state index in [1.54, 1.807) is 4.90 Å². The van der Waals surface area contributed by atoms with Crippen LogP contribution in [-0.2, 0) is 4.74 Å². The number of rotatable bonds is 2. The zero-order valence-electron chi connectivity index (χ0n) is 9.43. The first-order valence-electron chi connectivity index (χ1n) is 5.39. The van der Waals surface area contributed by atoms with Crippen LogP contribution in [0, 0.1) is 0 Å². The normalized spacial score (nSPS) is 25.0. The summed E-state index contributed by atoms with van der Waals surface area (Å²) in [6.45, 7) is 2.88. The van der Waals surface area contributed by atoms with Gasteiger partial charge in [-0.05, 0) is 28.9 Å². The summed E-state index contributed by atoms with van der Waals surface area (Å²) in [6, 6.07) is 1.82. The van der Waals surface area contributed by atoms with E-state index in [1.807, 2.05) is 18.4 Å². The van der Waals surface area contributed by atoms with E-state index in [4.69, 9.17) is 9.84 Å². The van der Waals surface area contributed by atoms with Crippen molar-refractivity contribution in [3.63, 3.8) is 0 Å². The summed E-state index contributed by atoms with van der Waals surface area (Å²) in [5, 5.41) is 10.9. The highest BCUT2D eigenvalue weighted by atomic mass is 79.9. The van der Waals surface area contributed by atoms with Gasteiger partial charge in [0.15, 0.2) is 0 Å². The molecule has 1 aliphatic rings. The van der Waals surface area contributed by atoms with Crippen molar-refractivity contribution < 1.29 is 14.6 Å². The number of morpholine rings is 1. The molecule has 94 valence electrons. The molecule has 1 saturated heterocycles. The number of carbonyl (C=O) groups excluding carboxylic acids is 1. The van der Waals surface area contributed by atoms with Crippen molar-refractivity contribution in [1.82, 2.24) is 4.90 Å². The maximum Gasteiger partial charge on any atom is 0.254 e. The van der Waals surface area contributed by atoms with E-state index < -0.39 is 0 Å². The molecule has 1 aromatic rings. The van der Waals surface area contributed by atoms with Crippen molar-refractivity contribution in [1.29, 1.82) is 0 Å². The Hall–Kier alpha value is -0.430. The first-order valence-corrected chi connectivity index (χ1v) is 7.07. The van der Waals surface area contributed by atoms with Gasteiger partial charge in [0.1, 0.15) is 0 Å². The maximum atomic E-state index is 12.2. The second-order valence-corrected chi connectivity index (χ2v) is 6.39. The van der Waals surface area contributed by atoms with E-state index in [2.05, 4.69) is 15.9 Å². The van der Waals surface area contributed by atoms with Crippen LogP contribution in [0.4, 0.5) is 0 Å². The fourth-order valence-corrected chi connectivity index (χ4v) is 3.05. The molecule has 0 spiro atoms. The van der Waals surface area contributed by atoms with Gasteiger partial charge in [-0.2, -0.15) is 0 Å². The molecule has 2 rings (SSSR count). The third-order valence-electron chi connectivity index (χ3n) is 2.63. The fraction of sp³-hybridized carbons (Fsp3) is 0.545. The molecule has 1 aromatic heterocycles. The first kappa shape index (κ1) is 13.0. The number of hydrogen-bond acceptors (Lipinski definition) is 4. The predicted octanol–water partition coefficient (Wildman–Crippen LogP) is 1.73. The lowest BCUT2D eigenvalue weighted by Crippen LogP contribution is -2.50. The number of aliphatic hydroxyl groups is 1. The number of aliphatic hydroxyl groups excluding tert-OH is 1. The molecule has 0 aliphatic carbocycles. The van der Waals surface area contributed by atoms with E-state index in [0.29, 0.717) is 18.7 Å². The van der Waals surface area contributed by atoms with Gasteiger partial charge in [0.2, 0.25) is 0 Å². The van der Waals surface area contributed by atoms with Crippen LogP contribution >= 0.6 is 27.3 Å². The minimum atomic E-state index is -0.273. The summed E-state index contributed by atoms with van der Waals surface area (Å²) in [7, 11) is 0. The minimum Gasteiger partial charge on any atom is -0.394 e. The lowest BCUT2D eigenvalue weighted by Gasteiger charge is -2.35. The molecular weight excluding hydrogens is 306 g/mol. The van der Waals surface area contributed by atoms with Crippen LogP contribution in [0.5, 0.6) is 0 Å². The number of carbonyl (C=O) groups is 1. The Morgan fingerprint density at radius 2 is 2.47 bits per heavy atom. The molecule has 2 atom stereocenters. The third-order valence-corrected chi connectivity index (χ3v) is 4.14. The molecular formula is C11H14BrNO3S. The highest BCUT2D eigenvalue weighted by molar-refractivity contribution is 9.11. The number of ether oxygens (including phenoxy) is 1. The number of nitrogens with zero attached hydrogens (tertiary/aromatic N) is 1. The number of thiophene rings is 1. The highest BCUT2D eigenvalue weighted by Gasteiger charge is 2.28. The average Bonchev–Trinajstić information content (AvgIpc) is 2.74. The van der Waals surface area contributed by atoms with Gasteiger partial charge in [-0.15, -0.1) is 11.3 Å². The summed E-state index contributed by atoms with van der Waals surface area (Å²) in [6.07, 6.45) is -0.309. The summed E-state index contributed by atoms with van der Waals surface area (Å²) in [5.74, 6) is 0.000509. The predicted molar refractivity (Wildman–Crippen MR) is 69.3 cm³/mol. The number of amides is 1. The Morgan fingerprint density at radius 3 is 3.06 bits per heavy atom. The molecule has 6 heteroatoms. The summed E-state index contributed by atoms with van der Waals surface area (Å²) in [5.41, 5.74) is 0.688. The van der Waals surface area contributed by atoms with Gasteiger partial charge in [0.25, 0.3) is 5.91 Å². The number of halogens is 1. The van der Waals surface area contributed by atoms with Crippen LogP contribution < -0.4 is 0 Å². The van der Waals surface area contributed by atoms with Crippen molar-refractivity contribution in [3.8, 4) is 0 Å². The first-order chi connectivity index (χ1) is 8.10. The highest BCUT2D eigenvalue weighted by Crippen LogP contribution is 2.23. The SMILES string of the molecule is CC1CN(C(=O)c2csc(Br)c2)CC(CO)O1. The monoisotopic (exact) mass is 319 g/mol. The van der Waals surface area contributed by atoms with E-state index in [9.17, 15) is 4.79 Å². The van der Waals surface area contributed by atoms with Crippen LogP contribution in [0.1, 0.15) is 17.3 Å². The van der Waals surface area contributed by atoms with Crippen LogP contribution in [0.3, 0.4) is 0 Å². The molecule has 0 aromatic carbocycles. The largest absolute Gasteiger partial charge is 0.394 e. The minimum absolute atomic E-state index is 0.000509. The smallest absolute Gasteiger partial charge is 0.254 e. The van der Waals surface area contributed by atoms with Crippen molar-refractivity contribution in [2.75, 3.05) is 19.7 Å². The van der Waals surface area contributed by atoms with E-state index in [0.717, 1.165) is 3.79 Å². The topological polar surface area (TPSA) is 49.8 Å². The van der Waals surface area contributed by atoms with Crippen LogP contribution in [0.25, 0.3) is 0 Å². The maximum absolute atomic E-state index is 12.2. The summed E-state index contributed by atoms with van der Waals surface area (Å²) in [4.78, 5) is 13.9. The van der Waals surface area contributed by atoms with Gasteiger partial charge >= 0.3 is 0 Å². The second-order valence-electron chi connectivity index (χ2n) is 4.10. The molecule has 2 heterocycles. The molecule has 1 amide bonds. The molecule has 17 heavy (non-hydrogen) atoms. The van der Waals surface area contributed by atoms with Gasteiger partial charge in [0, 0.05) is 18.5 Å². The Labute approximate surface area is 112 Å². The van der Waals surface area contributed by atoms with E-state index in [1.165, 1.54) is 11.3 Å². The van der Waals surface area contributed by atoms with Gasteiger partial charge < -0.3 is 14.7 Å². The molecule has 1 N–H and O–H groups in total. The third kappa shape index (κ3) is 3.07. The van der Waals surface area contributed by atoms with Gasteiger partial charge in [-0.3, -0.25) is 4.79 Å². The van der Waals surface area contributed by atoms with Gasteiger partial charge in [0.05, 0.1) is 28.2 Å². The summed E-state index contributed by atoms with van der Waals surface area (Å²) < 4.78 is 6.45. The van der Waals surface area contributed by atoms with Crippen molar-refractivity contribution in [2.45, 2.75) is 19.1 Å². The molecule has 0 saturated carbocycles. The number of hydrogen-bond donors (Lipinski definition) is 1. The average molecular weight is 320 g/mol. The molecule has 2 unspecified atom stereocenters. The lowest BCUT2D eigenvalue weighted by atomic mass is 10.2. The molecule has 1 fully saturated rings. The van der Waals surface area contributed by atoms with E-state index >= 15 is 0 Å². The van der Waals surface area contributed by atoms with Crippen LogP contribution in [0.15, 0.2) is 15.2 Å². The van der Waals surface area contributed by atoms with Crippen molar-refractivity contribution >= 4 is 33.2 Å². The van der Waals surface area contributed by atoms with Crippen molar-refractivity contribution in [2.24, 2.45) is 0 Å². The Bertz CT molecular complexity index is 409. The summed E-state index contributed by atoms with van der Waals surface area (Å²) >= 11 is 4.84. The fourth-order valence-electron chi connectivity index (χ4n) is 1.92. The zero-order valence-corrected chi connectivity index (χ0v) is 11.8. The molecule has 4 nitrogen and oxygen atoms in total. The van der Waals surface area contributed by atoms with Crippen LogP contribution in [-0.4, -0.2) is 47.8 Å². The van der Waals surface area contributed by atoms with E-state index in [-0.39, 0.29) is 24.7 Å². The molecule has 1 aliphatic heterocycles. The quantitative estimate of drug-likeness (QED) is 0.903. The second kappa shape index (κ2) is 5.48. The van der Waals surface area contributed by atoms with Gasteiger partial charge in [-0.1, -0.05) is 0 Å². The Morgan fingerprint density at radius 1 is 1.71 bits per heavy atom. The van der Waals surface area contributed by atoms with Crippen LogP contribution in [0.2, 0.25) is 0 Å². The standard InChI is InChI=1S/C11H14BrNO3S/c1-7-3-13(4-9(5-14)16-7)11(15)8-2-10(12)17-6-8/h2,6-7,9,14H,3-5H2,1H3. The zero-order chi connectivity index (χ0) is 12.4. The Kier molecular flexibility index (Phi) is 4.19.